The first kappa shape index (κ1) is 17.4. The van der Waals surface area contributed by atoms with Gasteiger partial charge in [0.2, 0.25) is 4.77 Å². The van der Waals surface area contributed by atoms with Crippen LogP contribution in [0.1, 0.15) is 5.56 Å². The first-order valence-corrected chi connectivity index (χ1v) is 7.85. The van der Waals surface area contributed by atoms with Crippen molar-refractivity contribution in [1.29, 1.82) is 0 Å². The molecule has 9 heteroatoms. The van der Waals surface area contributed by atoms with Crippen molar-refractivity contribution in [2.45, 2.75) is 0 Å². The summed E-state index contributed by atoms with van der Waals surface area (Å²) in [5, 5.41) is 21.7. The van der Waals surface area contributed by atoms with E-state index in [1.807, 2.05) is 0 Å². The van der Waals surface area contributed by atoms with Crippen molar-refractivity contribution in [3.63, 3.8) is 0 Å². The van der Waals surface area contributed by atoms with E-state index in [2.05, 4.69) is 15.3 Å². The van der Waals surface area contributed by atoms with Crippen LogP contribution in [0.2, 0.25) is 0 Å². The van der Waals surface area contributed by atoms with Crippen molar-refractivity contribution < 1.29 is 9.31 Å². The number of aromatic amines is 1. The largest absolute Gasteiger partial charge is 0.276 e. The van der Waals surface area contributed by atoms with Crippen LogP contribution in [0.5, 0.6) is 0 Å². The number of aromatic nitrogens is 3. The summed E-state index contributed by atoms with van der Waals surface area (Å²) in [4.78, 5) is 10.5. The minimum atomic E-state index is -0.459. The summed E-state index contributed by atoms with van der Waals surface area (Å²) in [6.07, 6.45) is 4.47. The topological polar surface area (TPSA) is 89.1 Å². The summed E-state index contributed by atoms with van der Waals surface area (Å²) in [6, 6.07) is 12.5. The van der Waals surface area contributed by atoms with Crippen molar-refractivity contribution in [1.82, 2.24) is 14.9 Å². The van der Waals surface area contributed by atoms with Gasteiger partial charge in [0.1, 0.15) is 5.82 Å². The van der Waals surface area contributed by atoms with E-state index in [4.69, 9.17) is 12.2 Å². The fourth-order valence-electron chi connectivity index (χ4n) is 2.26. The molecular weight excluding hydrogens is 357 g/mol. The standard InChI is InChI=1S/C17H12FN5O2S/c18-14-9-3-2-8-13(14)16-20-21-17(26)22(16)19-11-5-7-12-6-1-4-10-15(12)23(24)25/h1-11H,(H,21,26)/b7-5+,19-11+. The first-order valence-electron chi connectivity index (χ1n) is 7.44. The van der Waals surface area contributed by atoms with Gasteiger partial charge in [-0.2, -0.15) is 14.9 Å². The predicted molar refractivity (Wildman–Crippen MR) is 98.8 cm³/mol. The minimum absolute atomic E-state index is 0.0101. The van der Waals surface area contributed by atoms with Crippen LogP contribution in [-0.2, 0) is 0 Å². The van der Waals surface area contributed by atoms with E-state index in [0.717, 1.165) is 0 Å². The number of H-pyrrole nitrogens is 1. The van der Waals surface area contributed by atoms with Gasteiger partial charge in [-0.3, -0.25) is 10.1 Å². The molecule has 0 unspecified atom stereocenters. The van der Waals surface area contributed by atoms with Crippen LogP contribution in [-0.4, -0.2) is 26.0 Å². The lowest BCUT2D eigenvalue weighted by molar-refractivity contribution is -0.385. The van der Waals surface area contributed by atoms with E-state index in [1.54, 1.807) is 42.5 Å². The second-order valence-electron chi connectivity index (χ2n) is 5.08. The predicted octanol–water partition coefficient (Wildman–Crippen LogP) is 4.20. The summed E-state index contributed by atoms with van der Waals surface area (Å²) in [7, 11) is 0. The highest BCUT2D eigenvalue weighted by molar-refractivity contribution is 7.71. The molecule has 3 aromatic rings. The normalized spacial score (nSPS) is 11.4. The van der Waals surface area contributed by atoms with Gasteiger partial charge in [-0.15, -0.1) is 0 Å². The van der Waals surface area contributed by atoms with Crippen molar-refractivity contribution in [3.05, 3.63) is 80.9 Å². The molecule has 3 rings (SSSR count). The lowest BCUT2D eigenvalue weighted by Crippen LogP contribution is -1.95. The monoisotopic (exact) mass is 369 g/mol. The Morgan fingerprint density at radius 2 is 1.96 bits per heavy atom. The molecule has 0 spiro atoms. The molecule has 0 amide bonds. The van der Waals surface area contributed by atoms with Gasteiger partial charge in [0.15, 0.2) is 5.82 Å². The number of allylic oxidation sites excluding steroid dienone is 1. The highest BCUT2D eigenvalue weighted by Gasteiger charge is 2.12. The molecule has 0 aliphatic heterocycles. The molecule has 0 bridgehead atoms. The number of benzene rings is 2. The highest BCUT2D eigenvalue weighted by Crippen LogP contribution is 2.21. The molecule has 2 aromatic carbocycles. The van der Waals surface area contributed by atoms with E-state index < -0.39 is 10.7 Å². The Morgan fingerprint density at radius 1 is 1.23 bits per heavy atom. The summed E-state index contributed by atoms with van der Waals surface area (Å²) in [5.41, 5.74) is 0.679. The molecule has 0 saturated heterocycles. The van der Waals surface area contributed by atoms with Gasteiger partial charge in [0.05, 0.1) is 16.1 Å². The number of halogens is 1. The van der Waals surface area contributed by atoms with E-state index in [1.165, 1.54) is 29.1 Å². The minimum Gasteiger partial charge on any atom is -0.258 e. The molecule has 7 nitrogen and oxygen atoms in total. The fraction of sp³-hybridized carbons (Fsp3) is 0. The Balaban J connectivity index is 1.89. The number of para-hydroxylation sites is 1. The molecule has 130 valence electrons. The Bertz CT molecular complexity index is 1070. The molecule has 1 aromatic heterocycles. The summed E-state index contributed by atoms with van der Waals surface area (Å²) in [5.74, 6) is -0.225. The Kier molecular flexibility index (Phi) is 5.09. The van der Waals surface area contributed by atoms with Gasteiger partial charge in [-0.05, 0) is 42.6 Å². The van der Waals surface area contributed by atoms with Crippen LogP contribution in [0.3, 0.4) is 0 Å². The van der Waals surface area contributed by atoms with Gasteiger partial charge < -0.3 is 0 Å². The number of rotatable bonds is 5. The molecule has 1 N–H and O–H groups in total. The molecule has 0 saturated carbocycles. The molecule has 0 aliphatic carbocycles. The van der Waals surface area contributed by atoms with E-state index in [0.29, 0.717) is 5.56 Å². The summed E-state index contributed by atoms with van der Waals surface area (Å²) in [6.45, 7) is 0. The third kappa shape index (κ3) is 3.62. The fourth-order valence-corrected chi connectivity index (χ4v) is 2.44. The smallest absolute Gasteiger partial charge is 0.258 e. The van der Waals surface area contributed by atoms with Gasteiger partial charge in [0, 0.05) is 12.3 Å². The van der Waals surface area contributed by atoms with Crippen LogP contribution in [0.25, 0.3) is 17.5 Å². The Labute approximate surface area is 152 Å². The SMILES string of the molecule is O=[N+]([O-])c1ccccc1/C=C/C=N/n1c(-c2ccccc2F)n[nH]c1=S. The third-order valence-corrected chi connectivity index (χ3v) is 3.71. The molecular formula is C17H12FN5O2S. The van der Waals surface area contributed by atoms with Crippen LogP contribution < -0.4 is 0 Å². The zero-order chi connectivity index (χ0) is 18.5. The molecule has 0 radical (unpaired) electrons. The van der Waals surface area contributed by atoms with E-state index in [9.17, 15) is 14.5 Å². The van der Waals surface area contributed by atoms with Crippen molar-refractivity contribution in [2.75, 3.05) is 0 Å². The highest BCUT2D eigenvalue weighted by atomic mass is 32.1. The number of hydrogen-bond acceptors (Lipinski definition) is 5. The van der Waals surface area contributed by atoms with Crippen molar-refractivity contribution in [3.8, 4) is 11.4 Å². The number of nitro groups is 1. The Morgan fingerprint density at radius 3 is 2.73 bits per heavy atom. The van der Waals surface area contributed by atoms with Gasteiger partial charge in [-0.1, -0.05) is 24.3 Å². The lowest BCUT2D eigenvalue weighted by Gasteiger charge is -2.01. The number of nitrogens with one attached hydrogen (secondary N) is 1. The maximum Gasteiger partial charge on any atom is 0.276 e. The van der Waals surface area contributed by atoms with E-state index in [-0.39, 0.29) is 21.8 Å². The quantitative estimate of drug-likeness (QED) is 0.316. The zero-order valence-electron chi connectivity index (χ0n) is 13.2. The first-order chi connectivity index (χ1) is 12.6. The average Bonchev–Trinajstić information content (AvgIpc) is 3.00. The van der Waals surface area contributed by atoms with Crippen LogP contribution >= 0.6 is 12.2 Å². The number of nitro benzene ring substituents is 1. The maximum absolute atomic E-state index is 14.0. The Hall–Kier alpha value is -3.46. The number of hydrogen-bond donors (Lipinski definition) is 1. The molecule has 26 heavy (non-hydrogen) atoms. The van der Waals surface area contributed by atoms with Gasteiger partial charge in [0.25, 0.3) is 5.69 Å². The zero-order valence-corrected chi connectivity index (χ0v) is 14.1. The van der Waals surface area contributed by atoms with Gasteiger partial charge >= 0.3 is 0 Å². The molecule has 0 atom stereocenters. The van der Waals surface area contributed by atoms with Gasteiger partial charge in [-0.25, -0.2) is 9.49 Å². The average molecular weight is 369 g/mol. The molecule has 0 aliphatic rings. The number of nitrogens with zero attached hydrogens (tertiary/aromatic N) is 4. The summed E-state index contributed by atoms with van der Waals surface area (Å²) >= 11 is 5.11. The lowest BCUT2D eigenvalue weighted by atomic mass is 10.2. The van der Waals surface area contributed by atoms with E-state index >= 15 is 0 Å². The second kappa shape index (κ2) is 7.62. The molecule has 1 heterocycles. The van der Waals surface area contributed by atoms with Crippen molar-refractivity contribution in [2.24, 2.45) is 5.10 Å². The summed E-state index contributed by atoms with van der Waals surface area (Å²) < 4.78 is 15.4. The molecule has 0 fully saturated rings. The van der Waals surface area contributed by atoms with Crippen LogP contribution in [0.4, 0.5) is 10.1 Å². The maximum atomic E-state index is 14.0. The third-order valence-electron chi connectivity index (χ3n) is 3.44. The van der Waals surface area contributed by atoms with Crippen LogP contribution in [0.15, 0.2) is 59.7 Å². The van der Waals surface area contributed by atoms with Crippen molar-refractivity contribution >= 4 is 30.2 Å². The second-order valence-corrected chi connectivity index (χ2v) is 5.47. The van der Waals surface area contributed by atoms with Crippen LogP contribution in [0, 0.1) is 20.7 Å².